The van der Waals surface area contributed by atoms with Gasteiger partial charge >= 0.3 is 5.97 Å². The highest BCUT2D eigenvalue weighted by Gasteiger charge is 2.14. The van der Waals surface area contributed by atoms with E-state index in [1.807, 2.05) is 63.2 Å². The number of carbonyl (C=O) groups excluding carboxylic acids is 1. The van der Waals surface area contributed by atoms with Gasteiger partial charge in [-0.25, -0.2) is 17.9 Å². The zero-order chi connectivity index (χ0) is 24.7. The topological polar surface area (TPSA) is 81.7 Å². The smallest absolute Gasteiger partial charge is 0.338 e. The van der Waals surface area contributed by atoms with Crippen molar-refractivity contribution >= 4 is 16.0 Å². The lowest BCUT2D eigenvalue weighted by Gasteiger charge is -2.12. The summed E-state index contributed by atoms with van der Waals surface area (Å²) < 4.78 is 38.5. The van der Waals surface area contributed by atoms with E-state index >= 15 is 0 Å². The molecule has 0 bridgehead atoms. The van der Waals surface area contributed by atoms with E-state index in [-0.39, 0.29) is 18.4 Å². The fourth-order valence-corrected chi connectivity index (χ4v) is 4.67. The summed E-state index contributed by atoms with van der Waals surface area (Å²) in [7, 11) is -3.54. The maximum atomic E-state index is 12.6. The molecule has 0 aliphatic heterocycles. The molecule has 0 atom stereocenters. The van der Waals surface area contributed by atoms with Gasteiger partial charge in [0.05, 0.1) is 24.0 Å². The number of benzene rings is 3. The molecule has 0 spiro atoms. The second kappa shape index (κ2) is 11.3. The largest absolute Gasteiger partial charge is 0.491 e. The lowest BCUT2D eigenvalue weighted by molar-refractivity contribution is 0.0526. The maximum absolute atomic E-state index is 12.6. The van der Waals surface area contributed by atoms with Crippen molar-refractivity contribution in [1.82, 2.24) is 4.72 Å². The fraction of sp³-hybridized carbons (Fsp3) is 0.296. The van der Waals surface area contributed by atoms with Gasteiger partial charge in [-0.1, -0.05) is 42.5 Å². The van der Waals surface area contributed by atoms with Crippen molar-refractivity contribution in [2.75, 3.05) is 6.61 Å². The van der Waals surface area contributed by atoms with E-state index in [9.17, 15) is 13.2 Å². The van der Waals surface area contributed by atoms with Crippen molar-refractivity contribution in [2.45, 2.75) is 46.1 Å². The molecular formula is C27H31NO5S. The van der Waals surface area contributed by atoms with Gasteiger partial charge in [0.25, 0.3) is 0 Å². The molecule has 0 saturated carbocycles. The molecule has 1 N–H and O–H groups in total. The van der Waals surface area contributed by atoms with E-state index in [0.717, 1.165) is 28.0 Å². The highest BCUT2D eigenvalue weighted by Crippen LogP contribution is 2.27. The number of ether oxygens (including phenoxy) is 2. The lowest BCUT2D eigenvalue weighted by atomic mass is 9.99. The number of sulfonamides is 1. The summed E-state index contributed by atoms with van der Waals surface area (Å²) in [6, 6.07) is 20.3. The first-order chi connectivity index (χ1) is 16.2. The number of aryl methyl sites for hydroxylation is 1. The number of esters is 1. The molecule has 34 heavy (non-hydrogen) atoms. The zero-order valence-corrected chi connectivity index (χ0v) is 20.8. The summed E-state index contributed by atoms with van der Waals surface area (Å²) in [6.07, 6.45) is 0.117. The predicted octanol–water partition coefficient (Wildman–Crippen LogP) is 5.25. The van der Waals surface area contributed by atoms with E-state index in [1.165, 1.54) is 0 Å². The van der Waals surface area contributed by atoms with Crippen LogP contribution in [-0.4, -0.2) is 27.1 Å². The third-order valence-electron chi connectivity index (χ3n) is 5.15. The van der Waals surface area contributed by atoms with Gasteiger partial charge in [-0.2, -0.15) is 0 Å². The number of hydrogen-bond donors (Lipinski definition) is 1. The predicted molar refractivity (Wildman–Crippen MR) is 134 cm³/mol. The standard InChI is InChI=1S/C27H31NO5S/c1-5-32-27(29)24-9-6-21(7-10-24)17-28-34(30,31)18-22-8-15-26(20(4)16-22)23-11-13-25(14-12-23)33-19(2)3/h6-16,19,28H,5,17-18H2,1-4H3. The zero-order valence-electron chi connectivity index (χ0n) is 20.0. The van der Waals surface area contributed by atoms with Crippen molar-refractivity contribution in [3.63, 3.8) is 0 Å². The highest BCUT2D eigenvalue weighted by molar-refractivity contribution is 7.88. The Kier molecular flexibility index (Phi) is 8.47. The van der Waals surface area contributed by atoms with Crippen molar-refractivity contribution in [3.05, 3.63) is 89.0 Å². The number of rotatable bonds is 10. The average molecular weight is 482 g/mol. The first-order valence-corrected chi connectivity index (χ1v) is 12.9. The van der Waals surface area contributed by atoms with Crippen LogP contribution >= 0.6 is 0 Å². The average Bonchev–Trinajstić information content (AvgIpc) is 2.78. The van der Waals surface area contributed by atoms with Crippen LogP contribution < -0.4 is 9.46 Å². The van der Waals surface area contributed by atoms with Gasteiger partial charge in [0.15, 0.2) is 0 Å². The fourth-order valence-electron chi connectivity index (χ4n) is 3.56. The number of hydrogen-bond acceptors (Lipinski definition) is 5. The Bertz CT molecular complexity index is 1220. The Morgan fingerprint density at radius 1 is 0.941 bits per heavy atom. The molecule has 0 aromatic heterocycles. The van der Waals surface area contributed by atoms with E-state index in [0.29, 0.717) is 17.7 Å². The van der Waals surface area contributed by atoms with Gasteiger partial charge in [0.1, 0.15) is 5.75 Å². The van der Waals surface area contributed by atoms with Crippen molar-refractivity contribution in [2.24, 2.45) is 0 Å². The third kappa shape index (κ3) is 7.17. The van der Waals surface area contributed by atoms with Gasteiger partial charge in [0.2, 0.25) is 10.0 Å². The summed E-state index contributed by atoms with van der Waals surface area (Å²) in [5.74, 6) is 0.310. The molecule has 0 radical (unpaired) electrons. The quantitative estimate of drug-likeness (QED) is 0.400. The molecule has 0 saturated heterocycles. The van der Waals surface area contributed by atoms with Crippen LogP contribution in [0, 0.1) is 6.92 Å². The molecule has 0 heterocycles. The van der Waals surface area contributed by atoms with Gasteiger partial charge in [-0.3, -0.25) is 0 Å². The Balaban J connectivity index is 1.62. The summed E-state index contributed by atoms with van der Waals surface area (Å²) in [4.78, 5) is 11.7. The summed E-state index contributed by atoms with van der Waals surface area (Å²) in [5.41, 5.74) is 5.00. The van der Waals surface area contributed by atoms with Crippen molar-refractivity contribution < 1.29 is 22.7 Å². The normalized spacial score (nSPS) is 11.4. The van der Waals surface area contributed by atoms with Crippen LogP contribution in [0.25, 0.3) is 11.1 Å². The molecule has 0 aliphatic rings. The summed E-state index contributed by atoms with van der Waals surface area (Å²) in [5, 5.41) is 0. The van der Waals surface area contributed by atoms with Crippen molar-refractivity contribution in [3.8, 4) is 16.9 Å². The SMILES string of the molecule is CCOC(=O)c1ccc(CNS(=O)(=O)Cc2ccc(-c3ccc(OC(C)C)cc3)c(C)c2)cc1. The van der Waals surface area contributed by atoms with Crippen LogP contribution in [0.1, 0.15) is 47.8 Å². The first kappa shape index (κ1) is 25.5. The lowest BCUT2D eigenvalue weighted by Crippen LogP contribution is -2.24. The minimum absolute atomic E-state index is 0.115. The van der Waals surface area contributed by atoms with Crippen molar-refractivity contribution in [1.29, 1.82) is 0 Å². The van der Waals surface area contributed by atoms with Crippen LogP contribution in [0.3, 0.4) is 0 Å². The molecule has 0 fully saturated rings. The third-order valence-corrected chi connectivity index (χ3v) is 6.44. The summed E-state index contributed by atoms with van der Waals surface area (Å²) in [6.45, 7) is 8.15. The molecule has 0 aliphatic carbocycles. The minimum Gasteiger partial charge on any atom is -0.491 e. The van der Waals surface area contributed by atoms with Crippen LogP contribution in [0.5, 0.6) is 5.75 Å². The molecule has 0 amide bonds. The van der Waals surface area contributed by atoms with Crippen LogP contribution in [0.2, 0.25) is 0 Å². The van der Waals surface area contributed by atoms with Crippen LogP contribution in [0.15, 0.2) is 66.7 Å². The van der Waals surface area contributed by atoms with Crippen LogP contribution in [0.4, 0.5) is 0 Å². The molecule has 180 valence electrons. The van der Waals surface area contributed by atoms with E-state index < -0.39 is 16.0 Å². The van der Waals surface area contributed by atoms with E-state index in [4.69, 9.17) is 9.47 Å². The first-order valence-electron chi connectivity index (χ1n) is 11.3. The Morgan fingerprint density at radius 3 is 2.18 bits per heavy atom. The molecule has 0 unspecified atom stereocenters. The second-order valence-electron chi connectivity index (χ2n) is 8.34. The molecule has 3 aromatic carbocycles. The molecule has 3 rings (SSSR count). The Morgan fingerprint density at radius 2 is 1.59 bits per heavy atom. The monoisotopic (exact) mass is 481 g/mol. The van der Waals surface area contributed by atoms with Gasteiger partial charge in [-0.15, -0.1) is 0 Å². The minimum atomic E-state index is -3.54. The molecule has 3 aromatic rings. The molecular weight excluding hydrogens is 450 g/mol. The maximum Gasteiger partial charge on any atom is 0.338 e. The van der Waals surface area contributed by atoms with Gasteiger partial charge in [-0.05, 0) is 79.8 Å². The van der Waals surface area contributed by atoms with Gasteiger partial charge in [0, 0.05) is 6.54 Å². The summed E-state index contributed by atoms with van der Waals surface area (Å²) >= 11 is 0. The highest BCUT2D eigenvalue weighted by atomic mass is 32.2. The van der Waals surface area contributed by atoms with E-state index in [1.54, 1.807) is 31.2 Å². The number of nitrogens with one attached hydrogen (secondary N) is 1. The number of carbonyl (C=O) groups is 1. The molecule has 6 nitrogen and oxygen atoms in total. The van der Waals surface area contributed by atoms with Crippen LogP contribution in [-0.2, 0) is 27.1 Å². The Labute approximate surface area is 202 Å². The van der Waals surface area contributed by atoms with Gasteiger partial charge < -0.3 is 9.47 Å². The molecule has 7 heteroatoms. The second-order valence-corrected chi connectivity index (χ2v) is 10.1. The van der Waals surface area contributed by atoms with E-state index in [2.05, 4.69) is 4.72 Å². The Hall–Kier alpha value is -3.16.